The molecule has 5 heteroatoms. The van der Waals surface area contributed by atoms with Crippen molar-refractivity contribution in [3.8, 4) is 6.07 Å². The minimum atomic E-state index is -0.961. The monoisotopic (exact) mass is 270 g/mol. The molecule has 1 heterocycles. The van der Waals surface area contributed by atoms with Gasteiger partial charge in [-0.25, -0.2) is 9.78 Å². The number of carbonyl (C=O) groups is 1. The second-order valence-electron chi connectivity index (χ2n) is 3.88. The number of nitrogens with zero attached hydrogens (tertiary/aromatic N) is 2. The topological polar surface area (TPSA) is 74.0 Å². The van der Waals surface area contributed by atoms with Crippen LogP contribution in [-0.4, -0.2) is 16.1 Å². The van der Waals surface area contributed by atoms with E-state index in [1.54, 1.807) is 24.3 Å². The van der Waals surface area contributed by atoms with E-state index < -0.39 is 5.97 Å². The van der Waals surface area contributed by atoms with Gasteiger partial charge in [0.25, 0.3) is 0 Å². The molecular weight excluding hydrogens is 260 g/mol. The van der Waals surface area contributed by atoms with Crippen molar-refractivity contribution in [3.63, 3.8) is 0 Å². The summed E-state index contributed by atoms with van der Waals surface area (Å²) in [5, 5.41) is 18.5. The molecular formula is C14H10N2O2S. The molecule has 2 rings (SSSR count). The van der Waals surface area contributed by atoms with Crippen molar-refractivity contribution in [1.29, 1.82) is 5.26 Å². The highest BCUT2D eigenvalue weighted by atomic mass is 32.2. The lowest BCUT2D eigenvalue weighted by Gasteiger charge is -2.04. The molecule has 19 heavy (non-hydrogen) atoms. The van der Waals surface area contributed by atoms with Gasteiger partial charge in [0.2, 0.25) is 0 Å². The first-order chi connectivity index (χ1) is 9.08. The summed E-state index contributed by atoms with van der Waals surface area (Å²) >= 11 is 1.34. The second-order valence-corrected chi connectivity index (χ2v) is 4.98. The molecule has 0 amide bonds. The number of hydrogen-bond acceptors (Lipinski definition) is 4. The molecule has 0 saturated heterocycles. The Hall–Kier alpha value is -2.32. The fourth-order valence-electron chi connectivity index (χ4n) is 1.57. The Kier molecular flexibility index (Phi) is 3.83. The van der Waals surface area contributed by atoms with Crippen LogP contribution in [0.25, 0.3) is 0 Å². The number of aromatic nitrogens is 1. The molecule has 94 valence electrons. The normalized spacial score (nSPS) is 9.89. The van der Waals surface area contributed by atoms with E-state index in [1.165, 1.54) is 17.8 Å². The van der Waals surface area contributed by atoms with Crippen molar-refractivity contribution in [2.24, 2.45) is 0 Å². The fourth-order valence-corrected chi connectivity index (χ4v) is 2.52. The van der Waals surface area contributed by atoms with E-state index in [4.69, 9.17) is 10.4 Å². The molecule has 0 fully saturated rings. The molecule has 2 aromatic rings. The lowest BCUT2D eigenvalue weighted by Crippen LogP contribution is -1.95. The van der Waals surface area contributed by atoms with E-state index in [1.807, 2.05) is 13.0 Å². The zero-order valence-electron chi connectivity index (χ0n) is 10.1. The molecule has 0 aliphatic rings. The first kappa shape index (κ1) is 13.1. The van der Waals surface area contributed by atoms with Crippen LogP contribution in [0.4, 0.5) is 0 Å². The van der Waals surface area contributed by atoms with Crippen LogP contribution in [0.1, 0.15) is 21.6 Å². The molecule has 4 nitrogen and oxygen atoms in total. The van der Waals surface area contributed by atoms with Gasteiger partial charge in [-0.3, -0.25) is 0 Å². The van der Waals surface area contributed by atoms with Gasteiger partial charge >= 0.3 is 5.97 Å². The third-order valence-electron chi connectivity index (χ3n) is 2.36. The smallest absolute Gasteiger partial charge is 0.335 e. The van der Waals surface area contributed by atoms with Crippen molar-refractivity contribution in [3.05, 3.63) is 53.2 Å². The van der Waals surface area contributed by atoms with Gasteiger partial charge in [-0.05, 0) is 37.3 Å². The van der Waals surface area contributed by atoms with Gasteiger partial charge in [-0.2, -0.15) is 5.26 Å². The highest BCUT2D eigenvalue weighted by Gasteiger charge is 2.06. The number of hydrogen-bond donors (Lipinski definition) is 1. The van der Waals surface area contributed by atoms with Crippen molar-refractivity contribution in [2.75, 3.05) is 0 Å². The largest absolute Gasteiger partial charge is 0.478 e. The van der Waals surface area contributed by atoms with Crippen LogP contribution in [-0.2, 0) is 0 Å². The van der Waals surface area contributed by atoms with E-state index in [2.05, 4.69) is 11.1 Å². The molecule has 0 saturated carbocycles. The summed E-state index contributed by atoms with van der Waals surface area (Å²) in [7, 11) is 0. The van der Waals surface area contributed by atoms with Crippen LogP contribution in [0.2, 0.25) is 0 Å². The predicted octanol–water partition coefficient (Wildman–Crippen LogP) is 3.11. The Balaban J connectivity index is 2.31. The maximum atomic E-state index is 10.9. The Bertz CT molecular complexity index is 677. The summed E-state index contributed by atoms with van der Waals surface area (Å²) < 4.78 is 0. The highest BCUT2D eigenvalue weighted by Crippen LogP contribution is 2.27. The predicted molar refractivity (Wildman–Crippen MR) is 71.2 cm³/mol. The number of carboxylic acid groups (broad SMARTS) is 1. The first-order valence-electron chi connectivity index (χ1n) is 5.48. The van der Waals surface area contributed by atoms with Crippen LogP contribution < -0.4 is 0 Å². The van der Waals surface area contributed by atoms with Crippen molar-refractivity contribution >= 4 is 17.7 Å². The van der Waals surface area contributed by atoms with Crippen LogP contribution in [0.15, 0.2) is 46.3 Å². The van der Waals surface area contributed by atoms with E-state index in [-0.39, 0.29) is 5.56 Å². The van der Waals surface area contributed by atoms with E-state index in [0.717, 1.165) is 10.6 Å². The van der Waals surface area contributed by atoms with Gasteiger partial charge in [0.05, 0.1) is 17.2 Å². The van der Waals surface area contributed by atoms with Crippen LogP contribution >= 0.6 is 11.8 Å². The standard InChI is InChI=1S/C14H10N2O2S/c1-9-5-10(8-15)6-13(16-9)19-12-4-2-3-11(7-12)14(17)18/h2-7H,1H3,(H,17,18). The number of benzene rings is 1. The van der Waals surface area contributed by atoms with Crippen LogP contribution in [0.3, 0.4) is 0 Å². The summed E-state index contributed by atoms with van der Waals surface area (Å²) in [6.07, 6.45) is 0. The summed E-state index contributed by atoms with van der Waals surface area (Å²) in [4.78, 5) is 16.0. The summed E-state index contributed by atoms with van der Waals surface area (Å²) in [6.45, 7) is 1.82. The molecule has 0 aliphatic carbocycles. The summed E-state index contributed by atoms with van der Waals surface area (Å²) in [5.74, 6) is -0.961. The minimum absolute atomic E-state index is 0.234. The van der Waals surface area contributed by atoms with Crippen molar-refractivity contribution in [2.45, 2.75) is 16.8 Å². The van der Waals surface area contributed by atoms with Crippen molar-refractivity contribution < 1.29 is 9.90 Å². The molecule has 0 radical (unpaired) electrons. The zero-order chi connectivity index (χ0) is 13.8. The average Bonchev–Trinajstić information content (AvgIpc) is 2.38. The number of nitriles is 1. The second kappa shape index (κ2) is 5.55. The van der Waals surface area contributed by atoms with Gasteiger partial charge in [0, 0.05) is 10.6 Å². The minimum Gasteiger partial charge on any atom is -0.478 e. The molecule has 0 atom stereocenters. The van der Waals surface area contributed by atoms with E-state index in [9.17, 15) is 4.79 Å². The molecule has 1 N–H and O–H groups in total. The van der Waals surface area contributed by atoms with Gasteiger partial charge < -0.3 is 5.11 Å². The Morgan fingerprint density at radius 3 is 2.84 bits per heavy atom. The number of carboxylic acids is 1. The number of aryl methyl sites for hydroxylation is 1. The fraction of sp³-hybridized carbons (Fsp3) is 0.0714. The van der Waals surface area contributed by atoms with E-state index in [0.29, 0.717) is 10.6 Å². The molecule has 0 unspecified atom stereocenters. The number of pyridine rings is 1. The van der Waals surface area contributed by atoms with Gasteiger partial charge in [0.1, 0.15) is 5.03 Å². The van der Waals surface area contributed by atoms with Crippen LogP contribution in [0.5, 0.6) is 0 Å². The maximum absolute atomic E-state index is 10.9. The highest BCUT2D eigenvalue weighted by molar-refractivity contribution is 7.99. The molecule has 0 spiro atoms. The van der Waals surface area contributed by atoms with E-state index >= 15 is 0 Å². The van der Waals surface area contributed by atoms with Gasteiger partial charge in [0.15, 0.2) is 0 Å². The third kappa shape index (κ3) is 3.33. The lowest BCUT2D eigenvalue weighted by molar-refractivity contribution is 0.0696. The number of aromatic carboxylic acids is 1. The molecule has 1 aromatic carbocycles. The SMILES string of the molecule is Cc1cc(C#N)cc(Sc2cccc(C(=O)O)c2)n1. The molecule has 0 bridgehead atoms. The maximum Gasteiger partial charge on any atom is 0.335 e. The summed E-state index contributed by atoms with van der Waals surface area (Å²) in [5.41, 5.74) is 1.54. The average molecular weight is 270 g/mol. The molecule has 1 aromatic heterocycles. The van der Waals surface area contributed by atoms with Crippen LogP contribution in [0, 0.1) is 18.3 Å². The quantitative estimate of drug-likeness (QED) is 0.927. The Morgan fingerprint density at radius 1 is 1.37 bits per heavy atom. The lowest BCUT2D eigenvalue weighted by atomic mass is 10.2. The van der Waals surface area contributed by atoms with Crippen molar-refractivity contribution in [1.82, 2.24) is 4.98 Å². The van der Waals surface area contributed by atoms with Gasteiger partial charge in [-0.15, -0.1) is 0 Å². The molecule has 0 aliphatic heterocycles. The van der Waals surface area contributed by atoms with Gasteiger partial charge in [-0.1, -0.05) is 17.8 Å². The third-order valence-corrected chi connectivity index (χ3v) is 3.27. The summed E-state index contributed by atoms with van der Waals surface area (Å²) in [6, 6.07) is 12.1. The number of rotatable bonds is 3. The first-order valence-corrected chi connectivity index (χ1v) is 6.30. The Morgan fingerprint density at radius 2 is 2.16 bits per heavy atom. The zero-order valence-corrected chi connectivity index (χ0v) is 10.9. The Labute approximate surface area is 114 Å².